The van der Waals surface area contributed by atoms with E-state index in [1.165, 1.54) is 7.11 Å². The molecule has 0 rings (SSSR count). The molecule has 0 saturated heterocycles. The molecular formula is C8H16O5. The lowest BCUT2D eigenvalue weighted by atomic mass is 10.4. The number of carboxylic acids is 1. The Kier molecular flexibility index (Phi) is 6.48. The summed E-state index contributed by atoms with van der Waals surface area (Å²) >= 11 is 0. The van der Waals surface area contributed by atoms with Crippen molar-refractivity contribution in [3.63, 3.8) is 0 Å². The zero-order valence-corrected chi connectivity index (χ0v) is 8.15. The fourth-order valence-corrected chi connectivity index (χ4v) is 0.633. The fraction of sp³-hybridized carbons (Fsp3) is 0.875. The Morgan fingerprint density at radius 3 is 2.46 bits per heavy atom. The maximum Gasteiger partial charge on any atom is 0.361 e. The predicted octanol–water partition coefficient (Wildman–Crippen LogP) is 0.485. The number of carboxylic acid groups (broad SMARTS) is 1. The van der Waals surface area contributed by atoms with Crippen molar-refractivity contribution in [2.45, 2.75) is 26.2 Å². The molecular weight excluding hydrogens is 176 g/mol. The fourth-order valence-electron chi connectivity index (χ4n) is 0.633. The second-order valence-corrected chi connectivity index (χ2v) is 2.51. The Hall–Kier alpha value is -0.650. The third-order valence-corrected chi connectivity index (χ3v) is 1.40. The molecule has 0 aliphatic rings. The molecule has 2 atom stereocenters. The van der Waals surface area contributed by atoms with Crippen molar-refractivity contribution in [3.05, 3.63) is 0 Å². The quantitative estimate of drug-likeness (QED) is 0.594. The number of aliphatic carboxylic acids is 1. The van der Waals surface area contributed by atoms with Crippen molar-refractivity contribution in [1.82, 2.24) is 0 Å². The van der Waals surface area contributed by atoms with Gasteiger partial charge in [0.15, 0.2) is 0 Å². The molecule has 13 heavy (non-hydrogen) atoms. The van der Waals surface area contributed by atoms with E-state index in [2.05, 4.69) is 0 Å². The minimum absolute atomic E-state index is 0.137. The minimum atomic E-state index is -1.19. The highest BCUT2D eigenvalue weighted by molar-refractivity contribution is 5.70. The van der Waals surface area contributed by atoms with Gasteiger partial charge in [0.1, 0.15) is 0 Å². The average Bonchev–Trinajstić information content (AvgIpc) is 2.11. The normalized spacial score (nSPS) is 15.3. The van der Waals surface area contributed by atoms with E-state index in [9.17, 15) is 4.79 Å². The molecule has 5 heteroatoms. The van der Waals surface area contributed by atoms with Gasteiger partial charge in [0.25, 0.3) is 6.29 Å². The van der Waals surface area contributed by atoms with Gasteiger partial charge in [0.2, 0.25) is 0 Å². The van der Waals surface area contributed by atoms with Crippen LogP contribution < -0.4 is 0 Å². The molecule has 2 unspecified atom stereocenters. The van der Waals surface area contributed by atoms with E-state index in [1.54, 1.807) is 13.8 Å². The first-order valence-electron chi connectivity index (χ1n) is 4.10. The summed E-state index contributed by atoms with van der Waals surface area (Å²) in [6.45, 7) is 4.00. The third-order valence-electron chi connectivity index (χ3n) is 1.40. The van der Waals surface area contributed by atoms with Gasteiger partial charge in [0, 0.05) is 13.7 Å². The molecule has 0 bridgehead atoms. The maximum absolute atomic E-state index is 10.5. The van der Waals surface area contributed by atoms with Crippen LogP contribution in [0.25, 0.3) is 0 Å². The third kappa shape index (κ3) is 5.57. The highest BCUT2D eigenvalue weighted by atomic mass is 16.7. The smallest absolute Gasteiger partial charge is 0.361 e. The largest absolute Gasteiger partial charge is 0.477 e. The molecule has 0 amide bonds. The van der Waals surface area contributed by atoms with E-state index in [4.69, 9.17) is 19.3 Å². The minimum Gasteiger partial charge on any atom is -0.477 e. The van der Waals surface area contributed by atoms with E-state index in [0.29, 0.717) is 6.61 Å². The van der Waals surface area contributed by atoms with Crippen LogP contribution in [-0.4, -0.2) is 43.8 Å². The maximum atomic E-state index is 10.5. The number of rotatable bonds is 7. The van der Waals surface area contributed by atoms with E-state index >= 15 is 0 Å². The van der Waals surface area contributed by atoms with Gasteiger partial charge in [-0.1, -0.05) is 0 Å². The van der Waals surface area contributed by atoms with Gasteiger partial charge in [-0.05, 0) is 13.8 Å². The van der Waals surface area contributed by atoms with Crippen LogP contribution in [0.3, 0.4) is 0 Å². The van der Waals surface area contributed by atoms with Crippen LogP contribution in [0.1, 0.15) is 13.8 Å². The summed E-state index contributed by atoms with van der Waals surface area (Å²) < 4.78 is 14.7. The standard InChI is InChI=1S/C8H16O5/c1-4-12-8(7(9)10)13-5-6(2)11-3/h6,8H,4-5H2,1-3H3,(H,9,10). The number of carbonyl (C=O) groups is 1. The van der Waals surface area contributed by atoms with Gasteiger partial charge in [-0.2, -0.15) is 0 Å². The molecule has 0 saturated carbocycles. The topological polar surface area (TPSA) is 65.0 Å². The molecule has 0 aliphatic carbocycles. The van der Waals surface area contributed by atoms with Gasteiger partial charge in [-0.25, -0.2) is 4.79 Å². The van der Waals surface area contributed by atoms with Gasteiger partial charge >= 0.3 is 5.97 Å². The highest BCUT2D eigenvalue weighted by Crippen LogP contribution is 1.98. The van der Waals surface area contributed by atoms with Crippen molar-refractivity contribution in [3.8, 4) is 0 Å². The lowest BCUT2D eigenvalue weighted by Gasteiger charge is -2.15. The first-order valence-corrected chi connectivity index (χ1v) is 4.10. The van der Waals surface area contributed by atoms with Crippen LogP contribution in [-0.2, 0) is 19.0 Å². The molecule has 0 aromatic carbocycles. The van der Waals surface area contributed by atoms with Gasteiger partial charge in [-0.3, -0.25) is 0 Å². The Labute approximate surface area is 77.6 Å². The Balaban J connectivity index is 3.75. The van der Waals surface area contributed by atoms with Crippen LogP contribution in [0.2, 0.25) is 0 Å². The van der Waals surface area contributed by atoms with Crippen molar-refractivity contribution in [1.29, 1.82) is 0 Å². The van der Waals surface area contributed by atoms with Crippen LogP contribution in [0.15, 0.2) is 0 Å². The van der Waals surface area contributed by atoms with E-state index < -0.39 is 12.3 Å². The lowest BCUT2D eigenvalue weighted by molar-refractivity contribution is -0.193. The number of hydrogen-bond donors (Lipinski definition) is 1. The van der Waals surface area contributed by atoms with Crippen molar-refractivity contribution in [2.24, 2.45) is 0 Å². The molecule has 78 valence electrons. The van der Waals surface area contributed by atoms with Crippen LogP contribution in [0.5, 0.6) is 0 Å². The summed E-state index contributed by atoms with van der Waals surface area (Å²) in [6, 6.07) is 0. The number of methoxy groups -OCH3 is 1. The highest BCUT2D eigenvalue weighted by Gasteiger charge is 2.18. The average molecular weight is 192 g/mol. The number of hydrogen-bond acceptors (Lipinski definition) is 4. The second-order valence-electron chi connectivity index (χ2n) is 2.51. The SMILES string of the molecule is CCOC(OCC(C)OC)C(=O)O. The molecule has 0 fully saturated rings. The van der Waals surface area contributed by atoms with Crippen LogP contribution in [0.4, 0.5) is 0 Å². The summed E-state index contributed by atoms with van der Waals surface area (Å²) in [4.78, 5) is 10.5. The molecule has 0 radical (unpaired) electrons. The van der Waals surface area contributed by atoms with Crippen LogP contribution >= 0.6 is 0 Å². The monoisotopic (exact) mass is 192 g/mol. The van der Waals surface area contributed by atoms with Gasteiger partial charge in [-0.15, -0.1) is 0 Å². The van der Waals surface area contributed by atoms with E-state index in [1.807, 2.05) is 0 Å². The predicted molar refractivity (Wildman–Crippen MR) is 45.5 cm³/mol. The first kappa shape index (κ1) is 12.3. The van der Waals surface area contributed by atoms with E-state index in [-0.39, 0.29) is 12.7 Å². The first-order chi connectivity index (χ1) is 6.11. The summed E-state index contributed by atoms with van der Waals surface area (Å²) in [5, 5.41) is 8.60. The van der Waals surface area contributed by atoms with E-state index in [0.717, 1.165) is 0 Å². The van der Waals surface area contributed by atoms with Gasteiger partial charge < -0.3 is 19.3 Å². The Morgan fingerprint density at radius 2 is 2.08 bits per heavy atom. The molecule has 0 spiro atoms. The molecule has 5 nitrogen and oxygen atoms in total. The summed E-state index contributed by atoms with van der Waals surface area (Å²) in [7, 11) is 1.53. The van der Waals surface area contributed by atoms with Gasteiger partial charge in [0.05, 0.1) is 12.7 Å². The summed E-state index contributed by atoms with van der Waals surface area (Å²) in [6.07, 6.45) is -1.33. The molecule has 0 aliphatic heterocycles. The zero-order chi connectivity index (χ0) is 10.3. The lowest BCUT2D eigenvalue weighted by Crippen LogP contribution is -2.30. The molecule has 1 N–H and O–H groups in total. The van der Waals surface area contributed by atoms with Crippen molar-refractivity contribution < 1.29 is 24.1 Å². The summed E-state index contributed by atoms with van der Waals surface area (Å²) in [5.74, 6) is -1.12. The van der Waals surface area contributed by atoms with Crippen LogP contribution in [0, 0.1) is 0 Å². The summed E-state index contributed by atoms with van der Waals surface area (Å²) in [5.41, 5.74) is 0. The zero-order valence-electron chi connectivity index (χ0n) is 8.15. The molecule has 0 heterocycles. The van der Waals surface area contributed by atoms with Crippen molar-refractivity contribution in [2.75, 3.05) is 20.3 Å². The molecule has 0 aromatic rings. The molecule has 0 aromatic heterocycles. The Bertz CT molecular complexity index is 147. The number of ether oxygens (including phenoxy) is 3. The Morgan fingerprint density at radius 1 is 1.46 bits per heavy atom. The van der Waals surface area contributed by atoms with Crippen molar-refractivity contribution >= 4 is 5.97 Å². The second kappa shape index (κ2) is 6.82.